The van der Waals surface area contributed by atoms with Crippen molar-refractivity contribution in [1.29, 1.82) is 0 Å². The van der Waals surface area contributed by atoms with E-state index in [0.717, 1.165) is 12.0 Å². The molecule has 17 heavy (non-hydrogen) atoms. The first kappa shape index (κ1) is 13.6. The first-order valence-corrected chi connectivity index (χ1v) is 5.94. The first-order valence-electron chi connectivity index (χ1n) is 5.94. The van der Waals surface area contributed by atoms with Crippen LogP contribution in [-0.2, 0) is 11.2 Å². The lowest BCUT2D eigenvalue weighted by molar-refractivity contribution is -0.133. The van der Waals surface area contributed by atoms with Crippen molar-refractivity contribution < 1.29 is 9.90 Å². The fraction of sp³-hybridized carbons (Fsp3) is 0.538. The molecule has 0 spiro atoms. The Morgan fingerprint density at radius 2 is 2.06 bits per heavy atom. The number of pyridine rings is 1. The van der Waals surface area contributed by atoms with Crippen LogP contribution < -0.4 is 0 Å². The molecule has 0 radical (unpaired) electrons. The number of nitrogens with zero attached hydrogens (tertiary/aromatic N) is 2. The topological polar surface area (TPSA) is 53.4 Å². The number of aliphatic hydroxyl groups is 1. The summed E-state index contributed by atoms with van der Waals surface area (Å²) in [6.07, 6.45) is 4.65. The molecule has 1 amide bonds. The van der Waals surface area contributed by atoms with E-state index in [0.29, 0.717) is 13.0 Å². The van der Waals surface area contributed by atoms with E-state index in [1.54, 1.807) is 17.3 Å². The van der Waals surface area contributed by atoms with Crippen LogP contribution in [0.1, 0.15) is 25.8 Å². The van der Waals surface area contributed by atoms with Gasteiger partial charge in [0, 0.05) is 31.4 Å². The number of aliphatic hydroxyl groups excluding tert-OH is 1. The van der Waals surface area contributed by atoms with Gasteiger partial charge in [-0.3, -0.25) is 9.78 Å². The number of aryl methyl sites for hydroxylation is 1. The van der Waals surface area contributed by atoms with Gasteiger partial charge in [0.1, 0.15) is 0 Å². The van der Waals surface area contributed by atoms with Crippen molar-refractivity contribution in [3.05, 3.63) is 30.1 Å². The number of aromatic nitrogens is 1. The number of carbonyl (C=O) groups excluding carboxylic acids is 1. The van der Waals surface area contributed by atoms with E-state index < -0.39 is 0 Å². The van der Waals surface area contributed by atoms with Crippen LogP contribution in [0.5, 0.6) is 0 Å². The third kappa shape index (κ3) is 4.53. The second kappa shape index (κ2) is 7.01. The van der Waals surface area contributed by atoms with Crippen molar-refractivity contribution >= 4 is 5.91 Å². The molecule has 1 rings (SSSR count). The Hall–Kier alpha value is -1.42. The predicted octanol–water partition coefficient (Wildman–Crippen LogP) is 1.24. The third-order valence-electron chi connectivity index (χ3n) is 2.66. The molecule has 0 unspecified atom stereocenters. The van der Waals surface area contributed by atoms with E-state index >= 15 is 0 Å². The third-order valence-corrected chi connectivity index (χ3v) is 2.66. The van der Waals surface area contributed by atoms with E-state index in [4.69, 9.17) is 5.11 Å². The highest BCUT2D eigenvalue weighted by Crippen LogP contribution is 2.06. The van der Waals surface area contributed by atoms with Gasteiger partial charge in [0.25, 0.3) is 0 Å². The van der Waals surface area contributed by atoms with E-state index in [9.17, 15) is 4.79 Å². The zero-order chi connectivity index (χ0) is 12.7. The minimum absolute atomic E-state index is 0.0131. The summed E-state index contributed by atoms with van der Waals surface area (Å²) in [4.78, 5) is 17.6. The standard InChI is InChI=1S/C13H20N2O2/c1-11(2)15(9-10-16)13(17)4-3-12-5-7-14-8-6-12/h5-8,11,16H,3-4,9-10H2,1-2H3. The SMILES string of the molecule is CC(C)N(CCO)C(=O)CCc1ccncc1. The zero-order valence-corrected chi connectivity index (χ0v) is 10.5. The number of carbonyl (C=O) groups is 1. The van der Waals surface area contributed by atoms with Gasteiger partial charge in [-0.25, -0.2) is 0 Å². The molecule has 0 aliphatic rings. The van der Waals surface area contributed by atoms with Crippen molar-refractivity contribution in [1.82, 2.24) is 9.88 Å². The lowest BCUT2D eigenvalue weighted by atomic mass is 10.1. The smallest absolute Gasteiger partial charge is 0.223 e. The summed E-state index contributed by atoms with van der Waals surface area (Å²) >= 11 is 0. The Bertz CT molecular complexity index is 339. The van der Waals surface area contributed by atoms with Crippen molar-refractivity contribution in [2.75, 3.05) is 13.2 Å². The Balaban J connectivity index is 2.47. The lowest BCUT2D eigenvalue weighted by Crippen LogP contribution is -2.39. The molecule has 0 bridgehead atoms. The number of amides is 1. The number of hydrogen-bond donors (Lipinski definition) is 1. The van der Waals surface area contributed by atoms with Crippen LogP contribution in [0.15, 0.2) is 24.5 Å². The fourth-order valence-corrected chi connectivity index (χ4v) is 1.72. The van der Waals surface area contributed by atoms with Crippen molar-refractivity contribution in [3.8, 4) is 0 Å². The van der Waals surface area contributed by atoms with Crippen LogP contribution in [0, 0.1) is 0 Å². The molecule has 4 heteroatoms. The monoisotopic (exact) mass is 236 g/mol. The second-order valence-corrected chi connectivity index (χ2v) is 4.26. The lowest BCUT2D eigenvalue weighted by Gasteiger charge is -2.26. The summed E-state index contributed by atoms with van der Waals surface area (Å²) in [5, 5.41) is 8.92. The van der Waals surface area contributed by atoms with Crippen molar-refractivity contribution in [2.24, 2.45) is 0 Å². The summed E-state index contributed by atoms with van der Waals surface area (Å²) in [6, 6.07) is 3.96. The fourth-order valence-electron chi connectivity index (χ4n) is 1.72. The van der Waals surface area contributed by atoms with E-state index in [1.165, 1.54) is 0 Å². The van der Waals surface area contributed by atoms with Gasteiger partial charge < -0.3 is 10.0 Å². The van der Waals surface area contributed by atoms with Crippen LogP contribution in [0.2, 0.25) is 0 Å². The van der Waals surface area contributed by atoms with E-state index in [-0.39, 0.29) is 18.6 Å². The van der Waals surface area contributed by atoms with Gasteiger partial charge in [-0.1, -0.05) is 0 Å². The molecule has 1 aromatic rings. The van der Waals surface area contributed by atoms with Crippen molar-refractivity contribution in [3.63, 3.8) is 0 Å². The van der Waals surface area contributed by atoms with Crippen LogP contribution >= 0.6 is 0 Å². The molecule has 1 heterocycles. The second-order valence-electron chi connectivity index (χ2n) is 4.26. The maximum absolute atomic E-state index is 11.9. The first-order chi connectivity index (χ1) is 8.15. The van der Waals surface area contributed by atoms with Gasteiger partial charge >= 0.3 is 0 Å². The highest BCUT2D eigenvalue weighted by Gasteiger charge is 2.15. The molecule has 4 nitrogen and oxygen atoms in total. The zero-order valence-electron chi connectivity index (χ0n) is 10.5. The van der Waals surface area contributed by atoms with E-state index in [2.05, 4.69) is 4.98 Å². The predicted molar refractivity (Wildman–Crippen MR) is 66.5 cm³/mol. The van der Waals surface area contributed by atoms with E-state index in [1.807, 2.05) is 26.0 Å². The molecular formula is C13H20N2O2. The molecule has 0 aromatic carbocycles. The van der Waals surface area contributed by atoms with Crippen LogP contribution in [0.25, 0.3) is 0 Å². The van der Waals surface area contributed by atoms with Gasteiger partial charge in [0.05, 0.1) is 6.61 Å². The van der Waals surface area contributed by atoms with Crippen LogP contribution in [0.4, 0.5) is 0 Å². The average molecular weight is 236 g/mol. The molecule has 0 fully saturated rings. The summed E-state index contributed by atoms with van der Waals surface area (Å²) in [6.45, 7) is 4.34. The molecule has 1 aromatic heterocycles. The summed E-state index contributed by atoms with van der Waals surface area (Å²) in [7, 11) is 0. The molecule has 1 N–H and O–H groups in total. The van der Waals surface area contributed by atoms with Crippen LogP contribution in [-0.4, -0.2) is 40.1 Å². The van der Waals surface area contributed by atoms with Gasteiger partial charge in [-0.2, -0.15) is 0 Å². The van der Waals surface area contributed by atoms with Crippen LogP contribution in [0.3, 0.4) is 0 Å². The van der Waals surface area contributed by atoms with Gasteiger partial charge in [-0.05, 0) is 38.0 Å². The largest absolute Gasteiger partial charge is 0.395 e. The van der Waals surface area contributed by atoms with Gasteiger partial charge in [0.2, 0.25) is 5.91 Å². The molecule has 0 saturated heterocycles. The Kier molecular flexibility index (Phi) is 5.63. The average Bonchev–Trinajstić information content (AvgIpc) is 2.34. The van der Waals surface area contributed by atoms with Crippen molar-refractivity contribution in [2.45, 2.75) is 32.7 Å². The molecule has 0 atom stereocenters. The number of hydrogen-bond acceptors (Lipinski definition) is 3. The minimum atomic E-state index is 0.0131. The summed E-state index contributed by atoms with van der Waals surface area (Å²) < 4.78 is 0. The number of rotatable bonds is 6. The maximum atomic E-state index is 11.9. The highest BCUT2D eigenvalue weighted by atomic mass is 16.3. The minimum Gasteiger partial charge on any atom is -0.395 e. The maximum Gasteiger partial charge on any atom is 0.223 e. The quantitative estimate of drug-likeness (QED) is 0.808. The molecular weight excluding hydrogens is 216 g/mol. The van der Waals surface area contributed by atoms with Gasteiger partial charge in [-0.15, -0.1) is 0 Å². The Morgan fingerprint density at radius 1 is 1.41 bits per heavy atom. The Morgan fingerprint density at radius 3 is 2.59 bits per heavy atom. The molecule has 0 aliphatic heterocycles. The highest BCUT2D eigenvalue weighted by molar-refractivity contribution is 5.76. The normalized spacial score (nSPS) is 10.6. The molecule has 94 valence electrons. The molecule has 0 saturated carbocycles. The van der Waals surface area contributed by atoms with Gasteiger partial charge in [0.15, 0.2) is 0 Å². The Labute approximate surface area is 102 Å². The summed E-state index contributed by atoms with van der Waals surface area (Å²) in [5.74, 6) is 0.0888. The molecule has 0 aliphatic carbocycles. The summed E-state index contributed by atoms with van der Waals surface area (Å²) in [5.41, 5.74) is 1.11.